The minimum Gasteiger partial charge on any atom is -0.394 e. The van der Waals surface area contributed by atoms with Gasteiger partial charge >= 0.3 is 0 Å². The van der Waals surface area contributed by atoms with Crippen molar-refractivity contribution in [3.05, 3.63) is 0 Å². The zero-order chi connectivity index (χ0) is 12.4. The maximum absolute atomic E-state index is 9.14. The summed E-state index contributed by atoms with van der Waals surface area (Å²) in [5.41, 5.74) is 0. The SMILES string of the molecule is CCCCC(CO)OC(CC)OCC(C)O. The normalized spacial score (nSPS) is 17.1. The summed E-state index contributed by atoms with van der Waals surface area (Å²) in [6.45, 7) is 6.03. The number of rotatable bonds is 10. The molecule has 0 fully saturated rings. The highest BCUT2D eigenvalue weighted by molar-refractivity contribution is 4.57. The highest BCUT2D eigenvalue weighted by atomic mass is 16.7. The van der Waals surface area contributed by atoms with Gasteiger partial charge in [-0.1, -0.05) is 26.7 Å². The van der Waals surface area contributed by atoms with Crippen molar-refractivity contribution in [3.8, 4) is 0 Å². The summed E-state index contributed by atoms with van der Waals surface area (Å²) >= 11 is 0. The standard InChI is InChI=1S/C12H26O4/c1-4-6-7-11(8-13)16-12(5-2)15-9-10(3)14/h10-14H,4-9H2,1-3H3. The molecule has 0 aromatic carbocycles. The molecule has 0 aliphatic rings. The molecule has 0 radical (unpaired) electrons. The molecule has 0 aromatic heterocycles. The van der Waals surface area contributed by atoms with Crippen LogP contribution >= 0.6 is 0 Å². The van der Waals surface area contributed by atoms with Gasteiger partial charge in [-0.15, -0.1) is 0 Å². The van der Waals surface area contributed by atoms with Crippen molar-refractivity contribution in [3.63, 3.8) is 0 Å². The van der Waals surface area contributed by atoms with Crippen molar-refractivity contribution in [2.45, 2.75) is 65.0 Å². The first kappa shape index (κ1) is 15.8. The molecule has 3 atom stereocenters. The molecule has 0 amide bonds. The van der Waals surface area contributed by atoms with Crippen molar-refractivity contribution in [1.82, 2.24) is 0 Å². The Morgan fingerprint density at radius 2 is 1.94 bits per heavy atom. The molecule has 0 spiro atoms. The Balaban J connectivity index is 3.86. The van der Waals surface area contributed by atoms with Crippen molar-refractivity contribution in [2.24, 2.45) is 0 Å². The van der Waals surface area contributed by atoms with Crippen LogP contribution in [0.1, 0.15) is 46.5 Å². The van der Waals surface area contributed by atoms with Crippen molar-refractivity contribution < 1.29 is 19.7 Å². The van der Waals surface area contributed by atoms with Gasteiger partial charge in [0, 0.05) is 0 Å². The van der Waals surface area contributed by atoms with E-state index >= 15 is 0 Å². The molecule has 2 N–H and O–H groups in total. The second kappa shape index (κ2) is 10.0. The van der Waals surface area contributed by atoms with Gasteiger partial charge in [0.2, 0.25) is 0 Å². The molecule has 0 bridgehead atoms. The van der Waals surface area contributed by atoms with Crippen molar-refractivity contribution >= 4 is 0 Å². The first-order valence-corrected chi connectivity index (χ1v) is 6.19. The van der Waals surface area contributed by atoms with Crippen LogP contribution < -0.4 is 0 Å². The lowest BCUT2D eigenvalue weighted by atomic mass is 10.2. The lowest BCUT2D eigenvalue weighted by Gasteiger charge is -2.23. The molecule has 0 aliphatic carbocycles. The van der Waals surface area contributed by atoms with Crippen LogP contribution in [0, 0.1) is 0 Å². The summed E-state index contributed by atoms with van der Waals surface area (Å²) in [5.74, 6) is 0. The van der Waals surface area contributed by atoms with E-state index in [1.165, 1.54) is 0 Å². The van der Waals surface area contributed by atoms with E-state index < -0.39 is 6.10 Å². The van der Waals surface area contributed by atoms with E-state index in [-0.39, 0.29) is 25.6 Å². The number of aliphatic hydroxyl groups excluding tert-OH is 2. The largest absolute Gasteiger partial charge is 0.394 e. The van der Waals surface area contributed by atoms with Gasteiger partial charge in [-0.3, -0.25) is 0 Å². The molecule has 4 nitrogen and oxygen atoms in total. The zero-order valence-corrected chi connectivity index (χ0v) is 10.7. The third-order valence-electron chi connectivity index (χ3n) is 2.28. The smallest absolute Gasteiger partial charge is 0.157 e. The second-order valence-corrected chi connectivity index (χ2v) is 4.10. The Labute approximate surface area is 98.6 Å². The minimum atomic E-state index is -0.485. The molecule has 0 saturated heterocycles. The number of hydrogen-bond acceptors (Lipinski definition) is 4. The molecule has 0 rings (SSSR count). The van der Waals surface area contributed by atoms with Gasteiger partial charge in [-0.25, -0.2) is 0 Å². The predicted molar refractivity (Wildman–Crippen MR) is 63.2 cm³/mol. The van der Waals surface area contributed by atoms with E-state index in [0.717, 1.165) is 25.7 Å². The van der Waals surface area contributed by atoms with Gasteiger partial charge in [0.25, 0.3) is 0 Å². The summed E-state index contributed by atoms with van der Waals surface area (Å²) in [4.78, 5) is 0. The zero-order valence-electron chi connectivity index (χ0n) is 10.7. The first-order chi connectivity index (χ1) is 7.63. The van der Waals surface area contributed by atoms with Crippen LogP contribution in [-0.4, -0.2) is 41.9 Å². The lowest BCUT2D eigenvalue weighted by Crippen LogP contribution is -2.29. The van der Waals surface area contributed by atoms with Gasteiger partial charge in [0.05, 0.1) is 25.4 Å². The topological polar surface area (TPSA) is 58.9 Å². The molecule has 0 aliphatic heterocycles. The van der Waals surface area contributed by atoms with Crippen molar-refractivity contribution in [2.75, 3.05) is 13.2 Å². The number of hydrogen-bond donors (Lipinski definition) is 2. The van der Waals surface area contributed by atoms with Gasteiger partial charge in [0.15, 0.2) is 6.29 Å². The van der Waals surface area contributed by atoms with E-state index in [2.05, 4.69) is 6.92 Å². The average Bonchev–Trinajstić information content (AvgIpc) is 2.28. The highest BCUT2D eigenvalue weighted by Crippen LogP contribution is 2.10. The molecule has 4 heteroatoms. The summed E-state index contributed by atoms with van der Waals surface area (Å²) in [6.07, 6.45) is 2.73. The van der Waals surface area contributed by atoms with Crippen LogP contribution in [0.2, 0.25) is 0 Å². The van der Waals surface area contributed by atoms with E-state index in [1.807, 2.05) is 6.92 Å². The summed E-state index contributed by atoms with van der Waals surface area (Å²) in [7, 11) is 0. The molecular formula is C12H26O4. The summed E-state index contributed by atoms with van der Waals surface area (Å²) in [6, 6.07) is 0. The highest BCUT2D eigenvalue weighted by Gasteiger charge is 2.15. The average molecular weight is 234 g/mol. The molecule has 0 saturated carbocycles. The molecule has 16 heavy (non-hydrogen) atoms. The maximum atomic E-state index is 9.14. The van der Waals surface area contributed by atoms with Crippen LogP contribution in [0.15, 0.2) is 0 Å². The Hall–Kier alpha value is -0.160. The van der Waals surface area contributed by atoms with Gasteiger partial charge in [-0.2, -0.15) is 0 Å². The Kier molecular flexibility index (Phi) is 9.92. The monoisotopic (exact) mass is 234 g/mol. The van der Waals surface area contributed by atoms with Crippen LogP contribution in [0.25, 0.3) is 0 Å². The fourth-order valence-corrected chi connectivity index (χ4v) is 1.35. The van der Waals surface area contributed by atoms with Gasteiger partial charge in [-0.05, 0) is 19.8 Å². The third kappa shape index (κ3) is 8.05. The summed E-state index contributed by atoms with van der Waals surface area (Å²) in [5, 5.41) is 18.2. The fraction of sp³-hybridized carbons (Fsp3) is 1.00. The molecular weight excluding hydrogens is 208 g/mol. The molecule has 0 heterocycles. The van der Waals surface area contributed by atoms with Gasteiger partial charge < -0.3 is 19.7 Å². The quantitative estimate of drug-likeness (QED) is 0.565. The van der Waals surface area contributed by atoms with E-state index in [4.69, 9.17) is 19.7 Å². The first-order valence-electron chi connectivity index (χ1n) is 6.19. The fourth-order valence-electron chi connectivity index (χ4n) is 1.35. The number of aliphatic hydroxyl groups is 2. The Bertz CT molecular complexity index is 150. The van der Waals surface area contributed by atoms with Crippen molar-refractivity contribution in [1.29, 1.82) is 0 Å². The molecule has 98 valence electrons. The third-order valence-corrected chi connectivity index (χ3v) is 2.28. The lowest BCUT2D eigenvalue weighted by molar-refractivity contribution is -0.190. The molecule has 3 unspecified atom stereocenters. The van der Waals surface area contributed by atoms with Crippen LogP contribution in [0.5, 0.6) is 0 Å². The van der Waals surface area contributed by atoms with Crippen LogP contribution in [0.4, 0.5) is 0 Å². The Morgan fingerprint density at radius 1 is 1.25 bits per heavy atom. The van der Waals surface area contributed by atoms with Crippen LogP contribution in [0.3, 0.4) is 0 Å². The van der Waals surface area contributed by atoms with E-state index in [1.54, 1.807) is 6.92 Å². The number of ether oxygens (including phenoxy) is 2. The minimum absolute atomic E-state index is 0.0224. The Morgan fingerprint density at radius 3 is 2.38 bits per heavy atom. The number of unbranched alkanes of at least 4 members (excludes halogenated alkanes) is 1. The van der Waals surface area contributed by atoms with E-state index in [0.29, 0.717) is 0 Å². The predicted octanol–water partition coefficient (Wildman–Crippen LogP) is 1.69. The summed E-state index contributed by atoms with van der Waals surface area (Å²) < 4.78 is 11.0. The van der Waals surface area contributed by atoms with Gasteiger partial charge in [0.1, 0.15) is 0 Å². The maximum Gasteiger partial charge on any atom is 0.157 e. The second-order valence-electron chi connectivity index (χ2n) is 4.10. The van der Waals surface area contributed by atoms with E-state index in [9.17, 15) is 0 Å². The van der Waals surface area contributed by atoms with Crippen LogP contribution in [-0.2, 0) is 9.47 Å². The molecule has 0 aromatic rings.